The van der Waals surface area contributed by atoms with Crippen molar-refractivity contribution < 1.29 is 14.2 Å². The summed E-state index contributed by atoms with van der Waals surface area (Å²) in [6.07, 6.45) is 0.614. The Bertz CT molecular complexity index is 535. The molecule has 0 heterocycles. The van der Waals surface area contributed by atoms with Crippen molar-refractivity contribution in [2.24, 2.45) is 0 Å². The van der Waals surface area contributed by atoms with Gasteiger partial charge in [0.1, 0.15) is 25.4 Å². The van der Waals surface area contributed by atoms with E-state index in [4.69, 9.17) is 4.74 Å². The van der Waals surface area contributed by atoms with Crippen LogP contribution in [0, 0.1) is 5.82 Å². The standard InChI is InChI=1S/C15H17FO2Si/c1-19(2,15-9-3-12(16)4-10-15)11-18-14-7-5-13(17)6-8-14/h3-10,17H,11H2,1-2H3. The van der Waals surface area contributed by atoms with E-state index in [-0.39, 0.29) is 11.6 Å². The molecule has 0 spiro atoms. The average molecular weight is 276 g/mol. The van der Waals surface area contributed by atoms with Crippen molar-refractivity contribution in [1.82, 2.24) is 0 Å². The van der Waals surface area contributed by atoms with Gasteiger partial charge in [0.15, 0.2) is 0 Å². The average Bonchev–Trinajstić information content (AvgIpc) is 2.39. The molecule has 1 N–H and O–H groups in total. The summed E-state index contributed by atoms with van der Waals surface area (Å²) in [5, 5.41) is 10.4. The van der Waals surface area contributed by atoms with E-state index in [9.17, 15) is 9.50 Å². The Morgan fingerprint density at radius 2 is 1.58 bits per heavy atom. The van der Waals surface area contributed by atoms with Crippen LogP contribution in [0.15, 0.2) is 48.5 Å². The highest BCUT2D eigenvalue weighted by Crippen LogP contribution is 2.17. The van der Waals surface area contributed by atoms with Crippen molar-refractivity contribution in [3.05, 3.63) is 54.3 Å². The molecule has 0 saturated heterocycles. The zero-order chi connectivity index (χ0) is 13.9. The molecule has 0 radical (unpaired) electrons. The van der Waals surface area contributed by atoms with Gasteiger partial charge in [0, 0.05) is 0 Å². The quantitative estimate of drug-likeness (QED) is 0.870. The fraction of sp³-hybridized carbons (Fsp3) is 0.200. The largest absolute Gasteiger partial charge is 0.508 e. The molecule has 2 nitrogen and oxygen atoms in total. The fourth-order valence-corrected chi connectivity index (χ4v) is 3.55. The smallest absolute Gasteiger partial charge is 0.124 e. The molecule has 0 fully saturated rings. The highest BCUT2D eigenvalue weighted by molar-refractivity contribution is 6.89. The van der Waals surface area contributed by atoms with Gasteiger partial charge in [-0.05, 0) is 36.4 Å². The van der Waals surface area contributed by atoms with Gasteiger partial charge in [-0.2, -0.15) is 0 Å². The minimum atomic E-state index is -1.75. The number of halogens is 1. The predicted molar refractivity (Wildman–Crippen MR) is 77.1 cm³/mol. The lowest BCUT2D eigenvalue weighted by Gasteiger charge is -2.23. The second-order valence-electron chi connectivity index (χ2n) is 5.17. The van der Waals surface area contributed by atoms with Crippen LogP contribution in [0.2, 0.25) is 13.1 Å². The van der Waals surface area contributed by atoms with Gasteiger partial charge in [0.25, 0.3) is 0 Å². The first-order valence-electron chi connectivity index (χ1n) is 6.15. The monoisotopic (exact) mass is 276 g/mol. The number of phenolic OH excluding ortho intramolecular Hbond substituents is 1. The summed E-state index contributed by atoms with van der Waals surface area (Å²) in [4.78, 5) is 0. The van der Waals surface area contributed by atoms with Crippen LogP contribution in [0.1, 0.15) is 0 Å². The fourth-order valence-electron chi connectivity index (χ4n) is 1.79. The third-order valence-corrected chi connectivity index (χ3v) is 5.82. The lowest BCUT2D eigenvalue weighted by Crippen LogP contribution is -2.47. The molecule has 2 rings (SSSR count). The lowest BCUT2D eigenvalue weighted by molar-refractivity contribution is 0.378. The Morgan fingerprint density at radius 1 is 1.00 bits per heavy atom. The zero-order valence-electron chi connectivity index (χ0n) is 11.1. The summed E-state index contributed by atoms with van der Waals surface area (Å²) in [5.41, 5.74) is 0. The molecule has 0 aromatic heterocycles. The Kier molecular flexibility index (Phi) is 3.90. The van der Waals surface area contributed by atoms with E-state index in [1.54, 1.807) is 24.3 Å². The molecule has 4 heteroatoms. The van der Waals surface area contributed by atoms with Gasteiger partial charge in [0.05, 0.1) is 6.23 Å². The van der Waals surface area contributed by atoms with E-state index in [0.717, 1.165) is 10.9 Å². The Labute approximate surface area is 113 Å². The molecular formula is C15H17FO2Si. The van der Waals surface area contributed by atoms with E-state index in [2.05, 4.69) is 13.1 Å². The topological polar surface area (TPSA) is 29.5 Å². The highest BCUT2D eigenvalue weighted by atomic mass is 28.3. The summed E-state index contributed by atoms with van der Waals surface area (Å²) in [6, 6.07) is 13.3. The second-order valence-corrected chi connectivity index (χ2v) is 9.81. The van der Waals surface area contributed by atoms with Crippen molar-refractivity contribution in [1.29, 1.82) is 0 Å². The van der Waals surface area contributed by atoms with E-state index in [0.29, 0.717) is 6.23 Å². The van der Waals surface area contributed by atoms with Crippen molar-refractivity contribution in [2.45, 2.75) is 13.1 Å². The third-order valence-electron chi connectivity index (χ3n) is 3.06. The van der Waals surface area contributed by atoms with E-state index in [1.165, 1.54) is 12.1 Å². The number of hydrogen-bond acceptors (Lipinski definition) is 2. The summed E-state index contributed by atoms with van der Waals surface area (Å²) < 4.78 is 18.7. The normalized spacial score (nSPS) is 11.3. The minimum Gasteiger partial charge on any atom is -0.508 e. The number of aromatic hydroxyl groups is 1. The molecule has 2 aromatic carbocycles. The SMILES string of the molecule is C[Si](C)(COc1ccc(O)cc1)c1ccc(F)cc1. The third kappa shape index (κ3) is 3.58. The molecule has 0 atom stereocenters. The van der Waals surface area contributed by atoms with Crippen LogP contribution in [0.3, 0.4) is 0 Å². The van der Waals surface area contributed by atoms with Crippen LogP contribution in [0.4, 0.5) is 4.39 Å². The van der Waals surface area contributed by atoms with Crippen molar-refractivity contribution in [3.63, 3.8) is 0 Å². The minimum absolute atomic E-state index is 0.215. The predicted octanol–water partition coefficient (Wildman–Crippen LogP) is 3.06. The molecular weight excluding hydrogens is 259 g/mol. The summed E-state index contributed by atoms with van der Waals surface area (Å²) in [5.74, 6) is 0.746. The second kappa shape index (κ2) is 5.44. The zero-order valence-corrected chi connectivity index (χ0v) is 12.1. The van der Waals surface area contributed by atoms with Gasteiger partial charge < -0.3 is 9.84 Å². The van der Waals surface area contributed by atoms with Crippen LogP contribution in [0.25, 0.3) is 0 Å². The first kappa shape index (κ1) is 13.6. The molecule has 0 bridgehead atoms. The van der Waals surface area contributed by atoms with Gasteiger partial charge in [-0.3, -0.25) is 0 Å². The van der Waals surface area contributed by atoms with Crippen LogP contribution < -0.4 is 9.92 Å². The van der Waals surface area contributed by atoms with E-state index >= 15 is 0 Å². The number of hydrogen-bond donors (Lipinski definition) is 1. The highest BCUT2D eigenvalue weighted by Gasteiger charge is 2.24. The van der Waals surface area contributed by atoms with E-state index < -0.39 is 8.07 Å². The summed E-state index contributed by atoms with van der Waals surface area (Å²) in [6.45, 7) is 4.36. The molecule has 100 valence electrons. The molecule has 0 unspecified atom stereocenters. The van der Waals surface area contributed by atoms with E-state index in [1.807, 2.05) is 12.1 Å². The Morgan fingerprint density at radius 3 is 2.16 bits per heavy atom. The van der Waals surface area contributed by atoms with Crippen molar-refractivity contribution in [2.75, 3.05) is 6.23 Å². The van der Waals surface area contributed by atoms with Gasteiger partial charge in [-0.1, -0.05) is 30.4 Å². The summed E-state index contributed by atoms with van der Waals surface area (Å²) >= 11 is 0. The maximum atomic E-state index is 12.9. The maximum absolute atomic E-state index is 12.9. The molecule has 0 aliphatic heterocycles. The molecule has 0 amide bonds. The van der Waals surface area contributed by atoms with Crippen LogP contribution >= 0.6 is 0 Å². The first-order chi connectivity index (χ1) is 8.97. The Balaban J connectivity index is 2.04. The number of ether oxygens (including phenoxy) is 1. The number of phenols is 1. The molecule has 19 heavy (non-hydrogen) atoms. The van der Waals surface area contributed by atoms with Crippen molar-refractivity contribution in [3.8, 4) is 11.5 Å². The molecule has 0 aliphatic rings. The number of benzene rings is 2. The lowest BCUT2D eigenvalue weighted by atomic mass is 10.3. The van der Waals surface area contributed by atoms with Crippen molar-refractivity contribution >= 4 is 13.3 Å². The Hall–Kier alpha value is -1.81. The van der Waals surface area contributed by atoms with Crippen LogP contribution in [0.5, 0.6) is 11.5 Å². The van der Waals surface area contributed by atoms with Crippen LogP contribution in [-0.2, 0) is 0 Å². The van der Waals surface area contributed by atoms with Gasteiger partial charge in [0.2, 0.25) is 0 Å². The van der Waals surface area contributed by atoms with Gasteiger partial charge in [-0.25, -0.2) is 4.39 Å². The first-order valence-corrected chi connectivity index (χ1v) is 9.36. The molecule has 0 saturated carbocycles. The van der Waals surface area contributed by atoms with Gasteiger partial charge >= 0.3 is 0 Å². The van der Waals surface area contributed by atoms with Crippen LogP contribution in [-0.4, -0.2) is 19.4 Å². The molecule has 2 aromatic rings. The number of rotatable bonds is 4. The maximum Gasteiger partial charge on any atom is 0.124 e. The molecule has 0 aliphatic carbocycles. The summed E-state index contributed by atoms with van der Waals surface area (Å²) in [7, 11) is -1.75. The van der Waals surface area contributed by atoms with Gasteiger partial charge in [-0.15, -0.1) is 0 Å².